The monoisotopic (exact) mass is 158 g/mol. The van der Waals surface area contributed by atoms with Crippen molar-refractivity contribution in [2.45, 2.75) is 33.7 Å². The van der Waals surface area contributed by atoms with Gasteiger partial charge in [0.25, 0.3) is 0 Å². The van der Waals surface area contributed by atoms with Gasteiger partial charge in [0, 0.05) is 6.54 Å². The van der Waals surface area contributed by atoms with E-state index in [2.05, 4.69) is 26.1 Å². The lowest BCUT2D eigenvalue weighted by atomic mass is 9.97. The van der Waals surface area contributed by atoms with Crippen LogP contribution in [0.25, 0.3) is 0 Å². The first-order valence-electron chi connectivity index (χ1n) is 3.86. The third kappa shape index (κ3) is 5.85. The van der Waals surface area contributed by atoms with E-state index in [1.807, 2.05) is 0 Å². The first-order valence-corrected chi connectivity index (χ1v) is 3.86. The van der Waals surface area contributed by atoms with Crippen molar-refractivity contribution >= 4 is 5.91 Å². The maximum atomic E-state index is 11.0. The first kappa shape index (κ1) is 10.4. The van der Waals surface area contributed by atoms with E-state index in [9.17, 15) is 4.79 Å². The van der Waals surface area contributed by atoms with E-state index in [0.717, 1.165) is 0 Å². The molecule has 0 radical (unpaired) electrons. The van der Waals surface area contributed by atoms with Gasteiger partial charge in [0.2, 0.25) is 5.91 Å². The Hall–Kier alpha value is -0.570. The Kier molecular flexibility index (Phi) is 3.52. The molecule has 1 atom stereocenters. The van der Waals surface area contributed by atoms with E-state index < -0.39 is 6.04 Å². The quantitative estimate of drug-likeness (QED) is 0.614. The highest BCUT2D eigenvalue weighted by atomic mass is 16.2. The second kappa shape index (κ2) is 3.72. The molecule has 66 valence electrons. The molecule has 0 aromatic heterocycles. The zero-order chi connectivity index (χ0) is 9.07. The minimum Gasteiger partial charge on any atom is -0.354 e. The maximum Gasteiger partial charge on any atom is 0.236 e. The van der Waals surface area contributed by atoms with Crippen LogP contribution in [0, 0.1) is 5.41 Å². The molecule has 1 amide bonds. The minimum absolute atomic E-state index is 0.0834. The molecule has 3 N–H and O–H groups in total. The highest BCUT2D eigenvalue weighted by Crippen LogP contribution is 2.09. The lowest BCUT2D eigenvalue weighted by Gasteiger charge is -2.19. The predicted octanol–water partition coefficient (Wildman–Crippen LogP) is 0.496. The fourth-order valence-corrected chi connectivity index (χ4v) is 0.513. The Balaban J connectivity index is 3.64. The molecule has 0 aliphatic rings. The van der Waals surface area contributed by atoms with Crippen LogP contribution in [0.3, 0.4) is 0 Å². The number of hydrogen-bond donors (Lipinski definition) is 2. The van der Waals surface area contributed by atoms with Crippen LogP contribution in [-0.4, -0.2) is 18.5 Å². The molecule has 0 spiro atoms. The second-order valence-corrected chi connectivity index (χ2v) is 4.07. The standard InChI is InChI=1S/C8H18N2O/c1-6(9)7(11)10-5-8(2,3)4/h6H,5,9H2,1-4H3,(H,10,11)/t6-/m0/s1. The Labute approximate surface area is 68.3 Å². The summed E-state index contributed by atoms with van der Waals surface area (Å²) < 4.78 is 0. The third-order valence-corrected chi connectivity index (χ3v) is 1.21. The number of nitrogens with one attached hydrogen (secondary N) is 1. The maximum absolute atomic E-state index is 11.0. The zero-order valence-corrected chi connectivity index (χ0v) is 7.77. The highest BCUT2D eigenvalue weighted by Gasteiger charge is 2.13. The number of carbonyl (C=O) groups excluding carboxylic acids is 1. The molecule has 0 saturated heterocycles. The van der Waals surface area contributed by atoms with Crippen molar-refractivity contribution in [3.8, 4) is 0 Å². The average Bonchev–Trinajstić information content (AvgIpc) is 1.80. The third-order valence-electron chi connectivity index (χ3n) is 1.21. The van der Waals surface area contributed by atoms with Crippen molar-refractivity contribution in [2.75, 3.05) is 6.54 Å². The number of carbonyl (C=O) groups is 1. The molecule has 0 saturated carbocycles. The van der Waals surface area contributed by atoms with Crippen LogP contribution in [0.15, 0.2) is 0 Å². The summed E-state index contributed by atoms with van der Waals surface area (Å²) in [6.07, 6.45) is 0. The van der Waals surface area contributed by atoms with Gasteiger partial charge in [0.05, 0.1) is 6.04 Å². The van der Waals surface area contributed by atoms with E-state index >= 15 is 0 Å². The summed E-state index contributed by atoms with van der Waals surface area (Å²) in [5.41, 5.74) is 5.48. The van der Waals surface area contributed by atoms with Crippen molar-refractivity contribution < 1.29 is 4.79 Å². The zero-order valence-electron chi connectivity index (χ0n) is 7.77. The number of hydrogen-bond acceptors (Lipinski definition) is 2. The number of amides is 1. The molecule has 0 aliphatic carbocycles. The van der Waals surface area contributed by atoms with E-state index in [1.165, 1.54) is 0 Å². The van der Waals surface area contributed by atoms with Crippen LogP contribution < -0.4 is 11.1 Å². The van der Waals surface area contributed by atoms with Gasteiger partial charge in [-0.2, -0.15) is 0 Å². The summed E-state index contributed by atoms with van der Waals surface area (Å²) in [4.78, 5) is 11.0. The van der Waals surface area contributed by atoms with E-state index in [0.29, 0.717) is 6.54 Å². The van der Waals surface area contributed by atoms with Crippen molar-refractivity contribution in [3.05, 3.63) is 0 Å². The van der Waals surface area contributed by atoms with Crippen LogP contribution in [0.5, 0.6) is 0 Å². The topological polar surface area (TPSA) is 55.1 Å². The van der Waals surface area contributed by atoms with Gasteiger partial charge in [-0.25, -0.2) is 0 Å². The average molecular weight is 158 g/mol. The highest BCUT2D eigenvalue weighted by molar-refractivity contribution is 5.80. The van der Waals surface area contributed by atoms with Crippen LogP contribution >= 0.6 is 0 Å². The van der Waals surface area contributed by atoms with Gasteiger partial charge in [0.15, 0.2) is 0 Å². The van der Waals surface area contributed by atoms with Crippen molar-refractivity contribution in [2.24, 2.45) is 11.1 Å². The van der Waals surface area contributed by atoms with Gasteiger partial charge in [0.1, 0.15) is 0 Å². The van der Waals surface area contributed by atoms with Gasteiger partial charge in [-0.1, -0.05) is 20.8 Å². The van der Waals surface area contributed by atoms with Crippen LogP contribution in [-0.2, 0) is 4.79 Å². The Bertz CT molecular complexity index is 136. The second-order valence-electron chi connectivity index (χ2n) is 4.07. The van der Waals surface area contributed by atoms with Crippen LogP contribution in [0.4, 0.5) is 0 Å². The molecule has 0 aromatic carbocycles. The summed E-state index contributed by atoms with van der Waals surface area (Å²) in [5, 5.41) is 2.76. The smallest absolute Gasteiger partial charge is 0.236 e. The van der Waals surface area contributed by atoms with Gasteiger partial charge in [-0.3, -0.25) is 4.79 Å². The van der Waals surface area contributed by atoms with E-state index in [4.69, 9.17) is 5.73 Å². The Morgan fingerprint density at radius 1 is 1.55 bits per heavy atom. The molecule has 3 nitrogen and oxygen atoms in total. The summed E-state index contributed by atoms with van der Waals surface area (Å²) in [6.45, 7) is 8.54. The molecule has 0 rings (SSSR count). The van der Waals surface area contributed by atoms with E-state index in [1.54, 1.807) is 6.92 Å². The summed E-state index contributed by atoms with van der Waals surface area (Å²) in [5.74, 6) is -0.0834. The molecule has 0 aliphatic heterocycles. The van der Waals surface area contributed by atoms with Crippen molar-refractivity contribution in [1.29, 1.82) is 0 Å². The van der Waals surface area contributed by atoms with E-state index in [-0.39, 0.29) is 11.3 Å². The van der Waals surface area contributed by atoms with Crippen molar-refractivity contribution in [1.82, 2.24) is 5.32 Å². The summed E-state index contributed by atoms with van der Waals surface area (Å²) in [7, 11) is 0. The fourth-order valence-electron chi connectivity index (χ4n) is 0.513. The lowest BCUT2D eigenvalue weighted by molar-refractivity contribution is -0.122. The molecule has 0 aromatic rings. The molecular weight excluding hydrogens is 140 g/mol. The normalized spacial score (nSPS) is 14.3. The largest absolute Gasteiger partial charge is 0.354 e. The van der Waals surface area contributed by atoms with Gasteiger partial charge < -0.3 is 11.1 Å². The van der Waals surface area contributed by atoms with Gasteiger partial charge in [-0.15, -0.1) is 0 Å². The Morgan fingerprint density at radius 3 is 2.27 bits per heavy atom. The minimum atomic E-state index is -0.405. The molecule has 0 fully saturated rings. The molecule has 0 heterocycles. The van der Waals surface area contributed by atoms with Crippen LogP contribution in [0.2, 0.25) is 0 Å². The van der Waals surface area contributed by atoms with Gasteiger partial charge in [-0.05, 0) is 12.3 Å². The number of nitrogens with two attached hydrogens (primary N) is 1. The fraction of sp³-hybridized carbons (Fsp3) is 0.875. The van der Waals surface area contributed by atoms with Gasteiger partial charge >= 0.3 is 0 Å². The summed E-state index contributed by atoms with van der Waals surface area (Å²) in [6, 6.07) is -0.405. The Morgan fingerprint density at radius 2 is 2.00 bits per heavy atom. The van der Waals surface area contributed by atoms with Crippen LogP contribution in [0.1, 0.15) is 27.7 Å². The predicted molar refractivity (Wildman–Crippen MR) is 46.1 cm³/mol. The van der Waals surface area contributed by atoms with Crippen molar-refractivity contribution in [3.63, 3.8) is 0 Å². The molecule has 0 unspecified atom stereocenters. The molecule has 11 heavy (non-hydrogen) atoms. The number of rotatable bonds is 2. The molecule has 3 heteroatoms. The lowest BCUT2D eigenvalue weighted by Crippen LogP contribution is -2.41. The molecule has 0 bridgehead atoms. The summed E-state index contributed by atoms with van der Waals surface area (Å²) >= 11 is 0. The molecular formula is C8H18N2O. The SMILES string of the molecule is C[C@H](N)C(=O)NCC(C)(C)C. The first-order chi connectivity index (χ1) is 4.83.